The number of sulfonamides is 1. The van der Waals surface area contributed by atoms with Crippen LogP contribution in [-0.2, 0) is 10.0 Å². The van der Waals surface area contributed by atoms with Gasteiger partial charge in [-0.3, -0.25) is 0 Å². The van der Waals surface area contributed by atoms with Gasteiger partial charge in [-0.2, -0.15) is 0 Å². The minimum atomic E-state index is -3.12. The molecule has 0 amide bonds. The highest BCUT2D eigenvalue weighted by Gasteiger charge is 2.14. The Kier molecular flexibility index (Phi) is 8.77. The van der Waals surface area contributed by atoms with Crippen LogP contribution in [0.5, 0.6) is 0 Å². The predicted molar refractivity (Wildman–Crippen MR) is 72.7 cm³/mol. The molecule has 0 fully saturated rings. The Morgan fingerprint density at radius 3 is 2.41 bits per heavy atom. The van der Waals surface area contributed by atoms with Crippen LogP contribution >= 0.6 is 0 Å². The lowest BCUT2D eigenvalue weighted by Gasteiger charge is -2.18. The zero-order valence-corrected chi connectivity index (χ0v) is 12.3. The first-order valence-electron chi connectivity index (χ1n) is 6.23. The number of nitrogens with zero attached hydrogens (tertiary/aromatic N) is 1. The predicted octanol–water partition coefficient (Wildman–Crippen LogP) is 0.246. The lowest BCUT2D eigenvalue weighted by atomic mass is 10.3. The second kappa shape index (κ2) is 8.85. The van der Waals surface area contributed by atoms with E-state index in [1.807, 2.05) is 32.8 Å². The first-order chi connectivity index (χ1) is 7.87. The number of hydrogen-bond donors (Lipinski definition) is 2. The topological polar surface area (TPSA) is 61.4 Å². The number of likely N-dealkylation sites (N-methyl/N-ethyl adjacent to an activating group) is 1. The zero-order chi connectivity index (χ0) is 13.3. The van der Waals surface area contributed by atoms with Crippen molar-refractivity contribution in [3.8, 4) is 0 Å². The van der Waals surface area contributed by atoms with Gasteiger partial charge in [0.15, 0.2) is 0 Å². The fourth-order valence-electron chi connectivity index (χ4n) is 1.67. The van der Waals surface area contributed by atoms with E-state index in [0.717, 1.165) is 26.1 Å². The minimum Gasteiger partial charge on any atom is -0.317 e. The summed E-state index contributed by atoms with van der Waals surface area (Å²) >= 11 is 0. The van der Waals surface area contributed by atoms with Crippen LogP contribution in [0.15, 0.2) is 0 Å². The van der Waals surface area contributed by atoms with Gasteiger partial charge in [-0.05, 0) is 47.0 Å². The molecule has 0 saturated carbocycles. The molecular formula is C11H27N3O2S. The molecule has 104 valence electrons. The van der Waals surface area contributed by atoms with Crippen LogP contribution in [0.25, 0.3) is 0 Å². The van der Waals surface area contributed by atoms with Gasteiger partial charge in [0.25, 0.3) is 0 Å². The molecule has 0 heterocycles. The molecule has 0 aliphatic heterocycles. The van der Waals surface area contributed by atoms with Crippen molar-refractivity contribution < 1.29 is 8.42 Å². The summed E-state index contributed by atoms with van der Waals surface area (Å²) in [5.41, 5.74) is 0. The third kappa shape index (κ3) is 10.7. The third-order valence-corrected chi connectivity index (χ3v) is 3.87. The molecule has 17 heavy (non-hydrogen) atoms. The van der Waals surface area contributed by atoms with E-state index in [4.69, 9.17) is 0 Å². The van der Waals surface area contributed by atoms with Crippen molar-refractivity contribution in [2.45, 2.75) is 32.7 Å². The second-order valence-corrected chi connectivity index (χ2v) is 6.53. The van der Waals surface area contributed by atoms with Crippen molar-refractivity contribution in [2.24, 2.45) is 0 Å². The Labute approximate surface area is 106 Å². The molecule has 6 heteroatoms. The summed E-state index contributed by atoms with van der Waals surface area (Å²) in [6, 6.07) is -0.0382. The number of rotatable bonds is 10. The smallest absolute Gasteiger partial charge is 0.211 e. The van der Waals surface area contributed by atoms with Gasteiger partial charge < -0.3 is 10.2 Å². The summed E-state index contributed by atoms with van der Waals surface area (Å²) in [5, 5.41) is 3.18. The van der Waals surface area contributed by atoms with Crippen LogP contribution in [0.3, 0.4) is 0 Å². The Hall–Kier alpha value is -0.170. The summed E-state index contributed by atoms with van der Waals surface area (Å²) in [4.78, 5) is 1.97. The molecule has 0 radical (unpaired) electrons. The van der Waals surface area contributed by atoms with Crippen molar-refractivity contribution in [3.05, 3.63) is 0 Å². The summed E-state index contributed by atoms with van der Waals surface area (Å²) in [7, 11) is 0.745. The lowest BCUT2D eigenvalue weighted by Crippen LogP contribution is -2.40. The Balaban J connectivity index is 3.79. The van der Waals surface area contributed by atoms with E-state index in [-0.39, 0.29) is 11.8 Å². The molecule has 0 aliphatic carbocycles. The molecule has 0 aromatic rings. The molecule has 0 saturated heterocycles. The van der Waals surface area contributed by atoms with E-state index in [9.17, 15) is 8.42 Å². The monoisotopic (exact) mass is 265 g/mol. The first kappa shape index (κ1) is 16.8. The van der Waals surface area contributed by atoms with E-state index in [1.165, 1.54) is 0 Å². The maximum atomic E-state index is 11.7. The fourth-order valence-corrected chi connectivity index (χ4v) is 3.06. The third-order valence-electron chi connectivity index (χ3n) is 2.29. The molecule has 5 nitrogen and oxygen atoms in total. The second-order valence-electron chi connectivity index (χ2n) is 4.66. The minimum absolute atomic E-state index is 0.0382. The van der Waals surface area contributed by atoms with Crippen LogP contribution in [-0.4, -0.2) is 58.8 Å². The van der Waals surface area contributed by atoms with E-state index in [0.29, 0.717) is 6.42 Å². The molecule has 0 aromatic heterocycles. The fraction of sp³-hybridized carbons (Fsp3) is 1.00. The summed E-state index contributed by atoms with van der Waals surface area (Å²) in [6.45, 7) is 6.47. The van der Waals surface area contributed by atoms with E-state index < -0.39 is 10.0 Å². The zero-order valence-electron chi connectivity index (χ0n) is 11.5. The van der Waals surface area contributed by atoms with Crippen molar-refractivity contribution in [1.82, 2.24) is 14.9 Å². The molecule has 0 aliphatic rings. The van der Waals surface area contributed by atoms with Gasteiger partial charge >= 0.3 is 0 Å². The Morgan fingerprint density at radius 1 is 1.24 bits per heavy atom. The van der Waals surface area contributed by atoms with Gasteiger partial charge in [0.05, 0.1) is 5.75 Å². The number of unbranched alkanes of at least 4 members (excludes halogenated alkanes) is 1. The van der Waals surface area contributed by atoms with Crippen molar-refractivity contribution in [3.63, 3.8) is 0 Å². The van der Waals surface area contributed by atoms with Gasteiger partial charge in [-0.15, -0.1) is 0 Å². The average molecular weight is 265 g/mol. The van der Waals surface area contributed by atoms with Gasteiger partial charge in [-0.1, -0.05) is 6.92 Å². The van der Waals surface area contributed by atoms with Gasteiger partial charge in [0.2, 0.25) is 10.0 Å². The molecule has 0 aromatic carbocycles. The van der Waals surface area contributed by atoms with E-state index >= 15 is 0 Å². The van der Waals surface area contributed by atoms with Crippen LogP contribution in [0.1, 0.15) is 26.7 Å². The van der Waals surface area contributed by atoms with Crippen LogP contribution in [0.2, 0.25) is 0 Å². The molecule has 0 spiro atoms. The maximum Gasteiger partial charge on any atom is 0.211 e. The number of nitrogens with one attached hydrogen (secondary N) is 2. The van der Waals surface area contributed by atoms with Gasteiger partial charge in [0.1, 0.15) is 0 Å². The van der Waals surface area contributed by atoms with Crippen LogP contribution in [0.4, 0.5) is 0 Å². The highest BCUT2D eigenvalue weighted by molar-refractivity contribution is 7.89. The normalized spacial score (nSPS) is 14.2. The van der Waals surface area contributed by atoms with E-state index in [2.05, 4.69) is 10.0 Å². The van der Waals surface area contributed by atoms with Gasteiger partial charge in [-0.25, -0.2) is 13.1 Å². The van der Waals surface area contributed by atoms with Crippen molar-refractivity contribution >= 4 is 10.0 Å². The van der Waals surface area contributed by atoms with Crippen molar-refractivity contribution in [1.29, 1.82) is 0 Å². The van der Waals surface area contributed by atoms with Crippen molar-refractivity contribution in [2.75, 3.05) is 39.5 Å². The summed E-state index contributed by atoms with van der Waals surface area (Å²) < 4.78 is 26.1. The first-order valence-corrected chi connectivity index (χ1v) is 7.88. The standard InChI is InChI=1S/C11H27N3O2S/c1-5-12-8-6-7-9-17(15,16)13-11(2)10-14(3)4/h11-13H,5-10H2,1-4H3. The van der Waals surface area contributed by atoms with Crippen LogP contribution in [0, 0.1) is 0 Å². The largest absolute Gasteiger partial charge is 0.317 e. The SMILES string of the molecule is CCNCCCCS(=O)(=O)NC(C)CN(C)C. The molecule has 0 rings (SSSR count). The quantitative estimate of drug-likeness (QED) is 0.556. The lowest BCUT2D eigenvalue weighted by molar-refractivity contribution is 0.370. The summed E-state index contributed by atoms with van der Waals surface area (Å²) in [5.74, 6) is 0.218. The summed E-state index contributed by atoms with van der Waals surface area (Å²) in [6.07, 6.45) is 1.60. The number of hydrogen-bond acceptors (Lipinski definition) is 4. The van der Waals surface area contributed by atoms with Crippen LogP contribution < -0.4 is 10.0 Å². The molecule has 1 unspecified atom stereocenters. The Bertz CT molecular complexity index is 278. The molecule has 0 bridgehead atoms. The highest BCUT2D eigenvalue weighted by Crippen LogP contribution is 1.96. The maximum absolute atomic E-state index is 11.7. The Morgan fingerprint density at radius 2 is 1.88 bits per heavy atom. The molecular weight excluding hydrogens is 238 g/mol. The van der Waals surface area contributed by atoms with E-state index in [1.54, 1.807) is 0 Å². The van der Waals surface area contributed by atoms with Gasteiger partial charge in [0, 0.05) is 12.6 Å². The highest BCUT2D eigenvalue weighted by atomic mass is 32.2. The molecule has 1 atom stereocenters. The average Bonchev–Trinajstić information content (AvgIpc) is 2.14. The molecule has 2 N–H and O–H groups in total.